The predicted octanol–water partition coefficient (Wildman–Crippen LogP) is 2.14. The van der Waals surface area contributed by atoms with Crippen molar-refractivity contribution in [2.75, 3.05) is 18.4 Å². The molecule has 0 unspecified atom stereocenters. The summed E-state index contributed by atoms with van der Waals surface area (Å²) < 4.78 is 25.7. The summed E-state index contributed by atoms with van der Waals surface area (Å²) in [4.78, 5) is 27.6. The number of aromatic nitrogens is 3. The molecule has 160 valence electrons. The lowest BCUT2D eigenvalue weighted by Crippen LogP contribution is -2.36. The molecule has 1 saturated heterocycles. The Balaban J connectivity index is 1.57. The number of likely N-dealkylation sites (tertiary alicyclic amines) is 1. The van der Waals surface area contributed by atoms with Gasteiger partial charge in [-0.1, -0.05) is 26.8 Å². The maximum Gasteiger partial charge on any atom is 0.223 e. The largest absolute Gasteiger partial charge is 0.349 e. The standard InChI is InChI=1S/C21H27N5O3S/c1-21(2,3)8-18(27)26-11-16-17(12-26)30(28,29)13-14-9-23-20(25-19(14)16)24-10-15-6-4-5-7-22-15/h4-7,9,16-17H,8,10-13H2,1-3H3,(H,23,24,25)/t16-,17+/m1/s1. The minimum Gasteiger partial charge on any atom is -0.349 e. The quantitative estimate of drug-likeness (QED) is 0.794. The minimum atomic E-state index is -3.36. The maximum atomic E-state index is 12.9. The van der Waals surface area contributed by atoms with Gasteiger partial charge in [0.1, 0.15) is 0 Å². The van der Waals surface area contributed by atoms with Crippen LogP contribution in [0, 0.1) is 5.41 Å². The second kappa shape index (κ2) is 7.61. The van der Waals surface area contributed by atoms with Gasteiger partial charge < -0.3 is 10.2 Å². The number of pyridine rings is 1. The Hall–Kier alpha value is -2.55. The van der Waals surface area contributed by atoms with Gasteiger partial charge in [-0.05, 0) is 17.5 Å². The van der Waals surface area contributed by atoms with E-state index in [2.05, 4.69) is 20.3 Å². The highest BCUT2D eigenvalue weighted by Crippen LogP contribution is 2.40. The van der Waals surface area contributed by atoms with Gasteiger partial charge in [0.2, 0.25) is 11.9 Å². The van der Waals surface area contributed by atoms with Crippen molar-refractivity contribution in [2.45, 2.75) is 50.7 Å². The summed E-state index contributed by atoms with van der Waals surface area (Å²) in [6.45, 7) is 7.11. The van der Waals surface area contributed by atoms with E-state index in [-0.39, 0.29) is 29.5 Å². The first-order valence-corrected chi connectivity index (χ1v) is 11.8. The molecule has 2 atom stereocenters. The highest BCUT2D eigenvalue weighted by atomic mass is 32.2. The molecule has 1 amide bonds. The van der Waals surface area contributed by atoms with Gasteiger partial charge >= 0.3 is 0 Å². The summed E-state index contributed by atoms with van der Waals surface area (Å²) in [6, 6.07) is 5.67. The third kappa shape index (κ3) is 4.30. The molecule has 0 aromatic carbocycles. The number of nitrogens with zero attached hydrogens (tertiary/aromatic N) is 4. The number of carbonyl (C=O) groups excluding carboxylic acids is 1. The molecule has 2 aliphatic heterocycles. The molecule has 0 spiro atoms. The second-order valence-electron chi connectivity index (χ2n) is 9.27. The van der Waals surface area contributed by atoms with Crippen molar-refractivity contribution in [3.05, 3.63) is 47.5 Å². The number of rotatable bonds is 4. The first-order valence-electron chi connectivity index (χ1n) is 10.1. The van der Waals surface area contributed by atoms with E-state index in [1.165, 1.54) is 0 Å². The van der Waals surface area contributed by atoms with Crippen molar-refractivity contribution in [1.29, 1.82) is 0 Å². The van der Waals surface area contributed by atoms with Crippen LogP contribution in [0.4, 0.5) is 5.95 Å². The van der Waals surface area contributed by atoms with Gasteiger partial charge in [-0.15, -0.1) is 0 Å². The number of nitrogens with one attached hydrogen (secondary N) is 1. The SMILES string of the molecule is CC(C)(C)CC(=O)N1C[C@H]2c3nc(NCc4ccccn4)ncc3CS(=O)(=O)[C@H]2C1. The van der Waals surface area contributed by atoms with E-state index in [0.717, 1.165) is 11.4 Å². The second-order valence-corrected chi connectivity index (χ2v) is 11.5. The van der Waals surface area contributed by atoms with Gasteiger partial charge in [0.25, 0.3) is 0 Å². The van der Waals surface area contributed by atoms with Crippen LogP contribution in [0.15, 0.2) is 30.6 Å². The van der Waals surface area contributed by atoms with Crippen molar-refractivity contribution in [3.63, 3.8) is 0 Å². The van der Waals surface area contributed by atoms with Crippen LogP contribution in [0.1, 0.15) is 50.1 Å². The van der Waals surface area contributed by atoms with Gasteiger partial charge in [0, 0.05) is 43.4 Å². The molecular formula is C21H27N5O3S. The fourth-order valence-electron chi connectivity index (χ4n) is 4.10. The molecule has 4 rings (SSSR count). The molecule has 0 saturated carbocycles. The van der Waals surface area contributed by atoms with Crippen LogP contribution in [0.5, 0.6) is 0 Å². The van der Waals surface area contributed by atoms with Crippen LogP contribution < -0.4 is 5.32 Å². The fraction of sp³-hybridized carbons (Fsp3) is 0.524. The molecule has 0 aliphatic carbocycles. The smallest absolute Gasteiger partial charge is 0.223 e. The van der Waals surface area contributed by atoms with Crippen LogP contribution in [0.2, 0.25) is 0 Å². The Kier molecular flexibility index (Phi) is 5.25. The van der Waals surface area contributed by atoms with Crippen molar-refractivity contribution in [1.82, 2.24) is 19.9 Å². The van der Waals surface area contributed by atoms with Gasteiger partial charge in [0.15, 0.2) is 9.84 Å². The third-order valence-corrected chi connectivity index (χ3v) is 7.63. The Morgan fingerprint density at radius 3 is 2.73 bits per heavy atom. The van der Waals surface area contributed by atoms with Crippen LogP contribution in [0.3, 0.4) is 0 Å². The fourth-order valence-corrected chi connectivity index (χ4v) is 6.10. The summed E-state index contributed by atoms with van der Waals surface area (Å²) >= 11 is 0. The van der Waals surface area contributed by atoms with Crippen LogP contribution in [0.25, 0.3) is 0 Å². The van der Waals surface area contributed by atoms with E-state index in [1.54, 1.807) is 17.3 Å². The summed E-state index contributed by atoms with van der Waals surface area (Å²) in [5.41, 5.74) is 2.08. The van der Waals surface area contributed by atoms with Crippen LogP contribution >= 0.6 is 0 Å². The average Bonchev–Trinajstić information content (AvgIpc) is 3.13. The van der Waals surface area contributed by atoms with Crippen LogP contribution in [-0.4, -0.2) is 52.5 Å². The molecule has 0 radical (unpaired) electrons. The minimum absolute atomic E-state index is 0.00351. The van der Waals surface area contributed by atoms with Crippen molar-refractivity contribution in [3.8, 4) is 0 Å². The molecule has 8 nitrogen and oxygen atoms in total. The number of hydrogen-bond donors (Lipinski definition) is 1. The number of amides is 1. The average molecular weight is 430 g/mol. The topological polar surface area (TPSA) is 105 Å². The third-order valence-electron chi connectivity index (χ3n) is 5.52. The van der Waals surface area contributed by atoms with Crippen molar-refractivity contribution >= 4 is 21.7 Å². The molecule has 4 heterocycles. The Labute approximate surface area is 177 Å². The molecule has 1 fully saturated rings. The number of fused-ring (bicyclic) bond motifs is 3. The predicted molar refractivity (Wildman–Crippen MR) is 113 cm³/mol. The molecule has 2 aromatic heterocycles. The van der Waals surface area contributed by atoms with Gasteiger partial charge in [-0.25, -0.2) is 18.4 Å². The molecular weight excluding hydrogens is 402 g/mol. The van der Waals surface area contributed by atoms with E-state index >= 15 is 0 Å². The van der Waals surface area contributed by atoms with Crippen molar-refractivity contribution in [2.24, 2.45) is 5.41 Å². The summed E-state index contributed by atoms with van der Waals surface area (Å²) in [7, 11) is -3.36. The molecule has 0 bridgehead atoms. The highest BCUT2D eigenvalue weighted by molar-refractivity contribution is 7.91. The molecule has 1 N–H and O–H groups in total. The first kappa shape index (κ1) is 20.7. The summed E-state index contributed by atoms with van der Waals surface area (Å²) in [6.07, 6.45) is 3.71. The zero-order valence-corrected chi connectivity index (χ0v) is 18.3. The summed E-state index contributed by atoms with van der Waals surface area (Å²) in [5.74, 6) is 0.0416. The number of sulfone groups is 1. The molecule has 2 aliphatic rings. The highest BCUT2D eigenvalue weighted by Gasteiger charge is 2.48. The van der Waals surface area contributed by atoms with Gasteiger partial charge in [-0.3, -0.25) is 9.78 Å². The maximum absolute atomic E-state index is 12.9. The van der Waals surface area contributed by atoms with E-state index in [9.17, 15) is 13.2 Å². The molecule has 2 aromatic rings. The monoisotopic (exact) mass is 429 g/mol. The molecule has 30 heavy (non-hydrogen) atoms. The lowest BCUT2D eigenvalue weighted by molar-refractivity contribution is -0.132. The Bertz CT molecular complexity index is 1050. The van der Waals surface area contributed by atoms with E-state index in [1.807, 2.05) is 39.0 Å². The zero-order valence-electron chi connectivity index (χ0n) is 17.5. The van der Waals surface area contributed by atoms with Gasteiger partial charge in [0.05, 0.1) is 28.9 Å². The number of hydrogen-bond acceptors (Lipinski definition) is 7. The Morgan fingerprint density at radius 2 is 2.03 bits per heavy atom. The number of anilines is 1. The zero-order chi connectivity index (χ0) is 21.5. The van der Waals surface area contributed by atoms with Crippen LogP contribution in [-0.2, 0) is 26.9 Å². The normalized spacial score (nSPS) is 22.3. The van der Waals surface area contributed by atoms with Gasteiger partial charge in [-0.2, -0.15) is 0 Å². The van der Waals surface area contributed by atoms with Crippen molar-refractivity contribution < 1.29 is 13.2 Å². The lowest BCUT2D eigenvalue weighted by Gasteiger charge is -2.26. The Morgan fingerprint density at radius 1 is 1.23 bits per heavy atom. The first-order chi connectivity index (χ1) is 14.1. The van der Waals surface area contributed by atoms with E-state index < -0.39 is 15.1 Å². The van der Waals surface area contributed by atoms with E-state index in [4.69, 9.17) is 0 Å². The molecule has 9 heteroatoms. The number of carbonyl (C=O) groups is 1. The lowest BCUT2D eigenvalue weighted by atomic mass is 9.91. The van der Waals surface area contributed by atoms with E-state index in [0.29, 0.717) is 31.0 Å². The summed E-state index contributed by atoms with van der Waals surface area (Å²) in [5, 5.41) is 2.56.